The minimum absolute atomic E-state index is 0.0779. The molecule has 0 bridgehead atoms. The van der Waals surface area contributed by atoms with Gasteiger partial charge in [-0.3, -0.25) is 0 Å². The van der Waals surface area contributed by atoms with E-state index in [9.17, 15) is 5.11 Å². The Labute approximate surface area is 104 Å². The van der Waals surface area contributed by atoms with Crippen LogP contribution in [0.4, 0.5) is 0 Å². The molecular weight excluding hydrogens is 216 g/mol. The van der Waals surface area contributed by atoms with Gasteiger partial charge in [0.05, 0.1) is 19.3 Å². The van der Waals surface area contributed by atoms with Crippen molar-refractivity contribution in [3.8, 4) is 0 Å². The average Bonchev–Trinajstić information content (AvgIpc) is 2.74. The molecular formula is C13H26N2O2. The lowest BCUT2D eigenvalue weighted by Gasteiger charge is -2.27. The Hall–Kier alpha value is -0.160. The first-order valence-corrected chi connectivity index (χ1v) is 6.98. The Balaban J connectivity index is 1.61. The van der Waals surface area contributed by atoms with Crippen LogP contribution in [-0.4, -0.2) is 49.6 Å². The van der Waals surface area contributed by atoms with Crippen LogP contribution in [0.25, 0.3) is 0 Å². The quantitative estimate of drug-likeness (QED) is 0.657. The van der Waals surface area contributed by atoms with Crippen molar-refractivity contribution in [3.63, 3.8) is 0 Å². The number of morpholine rings is 1. The van der Waals surface area contributed by atoms with E-state index in [4.69, 9.17) is 4.74 Å². The monoisotopic (exact) mass is 242 g/mol. The maximum atomic E-state index is 9.75. The molecule has 0 amide bonds. The first-order valence-electron chi connectivity index (χ1n) is 6.98. The molecule has 17 heavy (non-hydrogen) atoms. The van der Waals surface area contributed by atoms with Crippen molar-refractivity contribution >= 4 is 0 Å². The Bertz CT molecular complexity index is 219. The van der Waals surface area contributed by atoms with Crippen LogP contribution in [0.15, 0.2) is 0 Å². The maximum absolute atomic E-state index is 9.75. The summed E-state index contributed by atoms with van der Waals surface area (Å²) in [5.74, 6) is 0.466. The topological polar surface area (TPSA) is 53.5 Å². The van der Waals surface area contributed by atoms with E-state index in [-0.39, 0.29) is 6.10 Å². The predicted molar refractivity (Wildman–Crippen MR) is 68.0 cm³/mol. The molecule has 1 aliphatic carbocycles. The van der Waals surface area contributed by atoms with Crippen molar-refractivity contribution in [1.82, 2.24) is 10.6 Å². The van der Waals surface area contributed by atoms with E-state index in [0.717, 1.165) is 39.1 Å². The highest BCUT2D eigenvalue weighted by molar-refractivity contribution is 4.81. The Morgan fingerprint density at radius 3 is 3.00 bits per heavy atom. The second-order valence-corrected chi connectivity index (χ2v) is 5.53. The summed E-state index contributed by atoms with van der Waals surface area (Å²) in [5, 5.41) is 16.8. The molecule has 0 aromatic rings. The molecule has 4 unspecified atom stereocenters. The standard InChI is InChI=1S/C13H26N2O2/c1-10(7-12-9-17-6-5-14-12)15-8-11-3-2-4-13(11)16/h10-16H,2-9H2,1H3. The molecule has 0 aromatic carbocycles. The molecule has 4 nitrogen and oxygen atoms in total. The molecule has 4 heteroatoms. The molecule has 3 N–H and O–H groups in total. The van der Waals surface area contributed by atoms with Gasteiger partial charge in [-0.2, -0.15) is 0 Å². The van der Waals surface area contributed by atoms with Crippen LogP contribution in [0.5, 0.6) is 0 Å². The number of nitrogens with one attached hydrogen (secondary N) is 2. The Kier molecular flexibility index (Phi) is 5.22. The summed E-state index contributed by atoms with van der Waals surface area (Å²) in [4.78, 5) is 0. The van der Waals surface area contributed by atoms with Gasteiger partial charge in [0.15, 0.2) is 0 Å². The molecule has 2 rings (SSSR count). The lowest BCUT2D eigenvalue weighted by Crippen LogP contribution is -2.45. The van der Waals surface area contributed by atoms with E-state index in [1.807, 2.05) is 0 Å². The highest BCUT2D eigenvalue weighted by atomic mass is 16.5. The summed E-state index contributed by atoms with van der Waals surface area (Å²) in [7, 11) is 0. The van der Waals surface area contributed by atoms with Gasteiger partial charge in [0.2, 0.25) is 0 Å². The van der Waals surface area contributed by atoms with Gasteiger partial charge in [0.25, 0.3) is 0 Å². The fraction of sp³-hybridized carbons (Fsp3) is 1.00. The van der Waals surface area contributed by atoms with Crippen molar-refractivity contribution in [2.75, 3.05) is 26.3 Å². The Morgan fingerprint density at radius 1 is 1.47 bits per heavy atom. The van der Waals surface area contributed by atoms with Gasteiger partial charge in [0.1, 0.15) is 0 Å². The van der Waals surface area contributed by atoms with Gasteiger partial charge in [-0.25, -0.2) is 0 Å². The van der Waals surface area contributed by atoms with Crippen molar-refractivity contribution < 1.29 is 9.84 Å². The molecule has 2 aliphatic rings. The highest BCUT2D eigenvalue weighted by Gasteiger charge is 2.25. The molecule has 1 aliphatic heterocycles. The molecule has 0 spiro atoms. The van der Waals surface area contributed by atoms with Crippen LogP contribution in [0, 0.1) is 5.92 Å². The molecule has 1 heterocycles. The Morgan fingerprint density at radius 2 is 2.35 bits per heavy atom. The minimum Gasteiger partial charge on any atom is -0.393 e. The first-order chi connectivity index (χ1) is 8.25. The lowest BCUT2D eigenvalue weighted by molar-refractivity contribution is 0.0704. The average molecular weight is 242 g/mol. The van der Waals surface area contributed by atoms with E-state index < -0.39 is 0 Å². The van der Waals surface area contributed by atoms with E-state index in [2.05, 4.69) is 17.6 Å². The summed E-state index contributed by atoms with van der Waals surface area (Å²) in [5.41, 5.74) is 0. The zero-order chi connectivity index (χ0) is 12.1. The van der Waals surface area contributed by atoms with Gasteiger partial charge < -0.3 is 20.5 Å². The van der Waals surface area contributed by atoms with Crippen LogP contribution < -0.4 is 10.6 Å². The van der Waals surface area contributed by atoms with Gasteiger partial charge in [-0.15, -0.1) is 0 Å². The molecule has 0 radical (unpaired) electrons. The number of aliphatic hydroxyl groups is 1. The van der Waals surface area contributed by atoms with Crippen LogP contribution in [0.3, 0.4) is 0 Å². The molecule has 1 saturated carbocycles. The normalized spacial score (nSPS) is 36.0. The number of hydrogen-bond acceptors (Lipinski definition) is 4. The fourth-order valence-corrected chi connectivity index (χ4v) is 2.89. The van der Waals surface area contributed by atoms with E-state index >= 15 is 0 Å². The highest BCUT2D eigenvalue weighted by Crippen LogP contribution is 2.24. The molecule has 100 valence electrons. The second-order valence-electron chi connectivity index (χ2n) is 5.53. The van der Waals surface area contributed by atoms with Gasteiger partial charge in [0, 0.05) is 25.2 Å². The van der Waals surface area contributed by atoms with Crippen LogP contribution in [-0.2, 0) is 4.74 Å². The summed E-state index contributed by atoms with van der Waals surface area (Å²) < 4.78 is 5.45. The lowest BCUT2D eigenvalue weighted by atomic mass is 10.0. The SMILES string of the molecule is CC(CC1COCCN1)NCC1CCCC1O. The molecule has 4 atom stereocenters. The van der Waals surface area contributed by atoms with Gasteiger partial charge >= 0.3 is 0 Å². The van der Waals surface area contributed by atoms with Crippen molar-refractivity contribution in [3.05, 3.63) is 0 Å². The van der Waals surface area contributed by atoms with E-state index in [1.165, 1.54) is 12.8 Å². The number of aliphatic hydroxyl groups excluding tert-OH is 1. The maximum Gasteiger partial charge on any atom is 0.0620 e. The van der Waals surface area contributed by atoms with Crippen LogP contribution >= 0.6 is 0 Å². The predicted octanol–water partition coefficient (Wildman–Crippen LogP) is 0.504. The third-order valence-corrected chi connectivity index (χ3v) is 3.98. The summed E-state index contributed by atoms with van der Waals surface area (Å²) in [6.45, 7) is 5.82. The third-order valence-electron chi connectivity index (χ3n) is 3.98. The van der Waals surface area contributed by atoms with Gasteiger partial charge in [-0.05, 0) is 32.1 Å². The summed E-state index contributed by atoms with van der Waals surface area (Å²) in [6.07, 6.45) is 4.36. The zero-order valence-corrected chi connectivity index (χ0v) is 10.8. The molecule has 1 saturated heterocycles. The summed E-state index contributed by atoms with van der Waals surface area (Å²) in [6, 6.07) is 0.974. The largest absolute Gasteiger partial charge is 0.393 e. The molecule has 0 aromatic heterocycles. The number of ether oxygens (including phenoxy) is 1. The number of hydrogen-bond donors (Lipinski definition) is 3. The smallest absolute Gasteiger partial charge is 0.0620 e. The van der Waals surface area contributed by atoms with E-state index in [1.54, 1.807) is 0 Å². The first kappa shape index (κ1) is 13.3. The van der Waals surface area contributed by atoms with Crippen LogP contribution in [0.2, 0.25) is 0 Å². The second kappa shape index (κ2) is 6.69. The van der Waals surface area contributed by atoms with Crippen molar-refractivity contribution in [2.45, 2.75) is 50.8 Å². The van der Waals surface area contributed by atoms with Crippen LogP contribution in [0.1, 0.15) is 32.6 Å². The molecule has 2 fully saturated rings. The minimum atomic E-state index is -0.0779. The van der Waals surface area contributed by atoms with Crippen molar-refractivity contribution in [1.29, 1.82) is 0 Å². The van der Waals surface area contributed by atoms with E-state index in [0.29, 0.717) is 18.0 Å². The fourth-order valence-electron chi connectivity index (χ4n) is 2.89. The summed E-state index contributed by atoms with van der Waals surface area (Å²) >= 11 is 0. The third kappa shape index (κ3) is 4.21. The van der Waals surface area contributed by atoms with Crippen molar-refractivity contribution in [2.24, 2.45) is 5.92 Å². The zero-order valence-electron chi connectivity index (χ0n) is 10.8. The van der Waals surface area contributed by atoms with Gasteiger partial charge in [-0.1, -0.05) is 6.42 Å². The number of rotatable bonds is 5.